The SMILES string of the molecule is COc1cc(Oc2ccc(S)nc2)cc2cc(C3=NCC(CC=O)S3)[nH]c12. The van der Waals surface area contributed by atoms with Crippen molar-refractivity contribution in [3.05, 3.63) is 42.2 Å². The van der Waals surface area contributed by atoms with Gasteiger partial charge in [0.15, 0.2) is 0 Å². The van der Waals surface area contributed by atoms with Crippen molar-refractivity contribution in [1.29, 1.82) is 0 Å². The lowest BCUT2D eigenvalue weighted by Crippen LogP contribution is -2.03. The van der Waals surface area contributed by atoms with Gasteiger partial charge in [0, 0.05) is 23.1 Å². The van der Waals surface area contributed by atoms with Crippen molar-refractivity contribution in [1.82, 2.24) is 9.97 Å². The van der Waals surface area contributed by atoms with Crippen molar-refractivity contribution in [3.8, 4) is 17.2 Å². The predicted molar refractivity (Wildman–Crippen MR) is 110 cm³/mol. The maximum Gasteiger partial charge on any atom is 0.146 e. The quantitative estimate of drug-likeness (QED) is 0.482. The lowest BCUT2D eigenvalue weighted by atomic mass is 10.2. The van der Waals surface area contributed by atoms with E-state index < -0.39 is 0 Å². The lowest BCUT2D eigenvalue weighted by molar-refractivity contribution is -0.107. The predicted octanol–water partition coefficient (Wildman–Crippen LogP) is 4.10. The zero-order chi connectivity index (χ0) is 18.8. The molecule has 1 N–H and O–H groups in total. The molecule has 138 valence electrons. The Morgan fingerprint density at radius 1 is 1.33 bits per heavy atom. The van der Waals surface area contributed by atoms with E-state index in [-0.39, 0.29) is 5.25 Å². The van der Waals surface area contributed by atoms with Crippen molar-refractivity contribution in [2.24, 2.45) is 4.99 Å². The average molecular weight is 399 g/mol. The maximum absolute atomic E-state index is 10.7. The van der Waals surface area contributed by atoms with Crippen LogP contribution in [0.2, 0.25) is 0 Å². The number of benzene rings is 1. The number of thioether (sulfide) groups is 1. The molecule has 6 nitrogen and oxygen atoms in total. The van der Waals surface area contributed by atoms with E-state index in [1.54, 1.807) is 31.1 Å². The molecular formula is C19H17N3O3S2. The van der Waals surface area contributed by atoms with Crippen LogP contribution in [0.25, 0.3) is 10.9 Å². The summed E-state index contributed by atoms with van der Waals surface area (Å²) in [7, 11) is 1.62. The van der Waals surface area contributed by atoms with Crippen LogP contribution in [0.3, 0.4) is 0 Å². The number of methoxy groups -OCH3 is 1. The molecule has 3 aromatic rings. The van der Waals surface area contributed by atoms with E-state index in [0.29, 0.717) is 35.2 Å². The first-order valence-electron chi connectivity index (χ1n) is 8.35. The molecule has 27 heavy (non-hydrogen) atoms. The normalized spacial score (nSPS) is 16.4. The highest BCUT2D eigenvalue weighted by Gasteiger charge is 2.22. The Bertz CT molecular complexity index is 1010. The fourth-order valence-corrected chi connectivity index (χ4v) is 4.04. The van der Waals surface area contributed by atoms with Gasteiger partial charge in [0.05, 0.1) is 36.1 Å². The molecule has 1 atom stereocenters. The second-order valence-electron chi connectivity index (χ2n) is 6.02. The molecule has 1 aliphatic heterocycles. The van der Waals surface area contributed by atoms with Crippen molar-refractivity contribution in [2.75, 3.05) is 13.7 Å². The number of aromatic amines is 1. The van der Waals surface area contributed by atoms with Gasteiger partial charge in [-0.05, 0) is 24.3 Å². The number of thiol groups is 1. The Morgan fingerprint density at radius 2 is 2.22 bits per heavy atom. The van der Waals surface area contributed by atoms with Crippen LogP contribution in [0.15, 0.2) is 46.5 Å². The Kier molecular flexibility index (Phi) is 5.09. The minimum atomic E-state index is 0.215. The number of nitrogens with zero attached hydrogens (tertiary/aromatic N) is 2. The van der Waals surface area contributed by atoms with Gasteiger partial charge in [-0.2, -0.15) is 0 Å². The highest BCUT2D eigenvalue weighted by Crippen LogP contribution is 2.35. The molecular weight excluding hydrogens is 382 g/mol. The summed E-state index contributed by atoms with van der Waals surface area (Å²) >= 11 is 5.80. The number of H-pyrrole nitrogens is 1. The van der Waals surface area contributed by atoms with Gasteiger partial charge in [-0.1, -0.05) is 11.8 Å². The summed E-state index contributed by atoms with van der Waals surface area (Å²) in [6.07, 6.45) is 3.08. The van der Waals surface area contributed by atoms with Gasteiger partial charge in [0.25, 0.3) is 0 Å². The van der Waals surface area contributed by atoms with Crippen LogP contribution in [0.5, 0.6) is 17.2 Å². The lowest BCUT2D eigenvalue weighted by Gasteiger charge is -2.08. The Hall–Kier alpha value is -2.45. The topological polar surface area (TPSA) is 76.6 Å². The van der Waals surface area contributed by atoms with E-state index in [4.69, 9.17) is 9.47 Å². The molecule has 2 aromatic heterocycles. The smallest absolute Gasteiger partial charge is 0.146 e. The van der Waals surface area contributed by atoms with Gasteiger partial charge in [0.2, 0.25) is 0 Å². The second kappa shape index (κ2) is 7.66. The van der Waals surface area contributed by atoms with Crippen molar-refractivity contribution >= 4 is 46.6 Å². The number of aliphatic imine (C=N–C) groups is 1. The maximum atomic E-state index is 10.7. The molecule has 4 rings (SSSR count). The number of aromatic nitrogens is 2. The summed E-state index contributed by atoms with van der Waals surface area (Å²) in [6, 6.07) is 9.37. The third-order valence-electron chi connectivity index (χ3n) is 4.15. The van der Waals surface area contributed by atoms with Gasteiger partial charge in [-0.25, -0.2) is 4.98 Å². The van der Waals surface area contributed by atoms with Crippen LogP contribution in [-0.4, -0.2) is 40.2 Å². The Morgan fingerprint density at radius 3 is 2.96 bits per heavy atom. The zero-order valence-electron chi connectivity index (χ0n) is 14.5. The molecule has 0 radical (unpaired) electrons. The van der Waals surface area contributed by atoms with E-state index in [1.807, 2.05) is 24.3 Å². The summed E-state index contributed by atoms with van der Waals surface area (Å²) < 4.78 is 11.4. The molecule has 0 spiro atoms. The number of aldehydes is 1. The van der Waals surface area contributed by atoms with Gasteiger partial charge in [-0.15, -0.1) is 12.6 Å². The molecule has 0 aliphatic carbocycles. The highest BCUT2D eigenvalue weighted by molar-refractivity contribution is 8.15. The van der Waals surface area contributed by atoms with Gasteiger partial charge >= 0.3 is 0 Å². The third kappa shape index (κ3) is 3.81. The number of carbonyl (C=O) groups excluding carboxylic acids is 1. The molecule has 0 bridgehead atoms. The van der Waals surface area contributed by atoms with Crippen LogP contribution in [0.1, 0.15) is 12.1 Å². The first-order chi connectivity index (χ1) is 13.2. The van der Waals surface area contributed by atoms with Gasteiger partial charge < -0.3 is 19.3 Å². The number of rotatable bonds is 6. The number of pyridine rings is 1. The van der Waals surface area contributed by atoms with Crippen LogP contribution in [0, 0.1) is 0 Å². The average Bonchev–Trinajstić information content (AvgIpc) is 3.30. The van der Waals surface area contributed by atoms with E-state index in [1.165, 1.54) is 0 Å². The summed E-state index contributed by atoms with van der Waals surface area (Å²) in [5.74, 6) is 1.96. The van der Waals surface area contributed by atoms with Crippen LogP contribution in [0.4, 0.5) is 0 Å². The molecule has 0 saturated carbocycles. The fourth-order valence-electron chi connectivity index (χ4n) is 2.88. The van der Waals surface area contributed by atoms with Crippen LogP contribution >= 0.6 is 24.4 Å². The number of nitrogens with one attached hydrogen (secondary N) is 1. The molecule has 1 aromatic carbocycles. The number of hydrogen-bond donors (Lipinski definition) is 2. The Labute approximate surface area is 165 Å². The number of fused-ring (bicyclic) bond motifs is 1. The van der Waals surface area contributed by atoms with Crippen molar-refractivity contribution < 1.29 is 14.3 Å². The Balaban J connectivity index is 1.64. The van der Waals surface area contributed by atoms with Crippen molar-refractivity contribution in [3.63, 3.8) is 0 Å². The first-order valence-corrected chi connectivity index (χ1v) is 9.67. The third-order valence-corrected chi connectivity index (χ3v) is 5.66. The molecule has 3 heterocycles. The first kappa shape index (κ1) is 17.9. The number of carbonyl (C=O) groups is 1. The second-order valence-corrected chi connectivity index (χ2v) is 7.76. The molecule has 1 aliphatic rings. The van der Waals surface area contributed by atoms with E-state index in [2.05, 4.69) is 27.6 Å². The molecule has 0 saturated heterocycles. The largest absolute Gasteiger partial charge is 0.494 e. The van der Waals surface area contributed by atoms with Crippen molar-refractivity contribution in [2.45, 2.75) is 16.7 Å². The van der Waals surface area contributed by atoms with E-state index >= 15 is 0 Å². The number of ether oxygens (including phenoxy) is 2. The summed E-state index contributed by atoms with van der Waals surface area (Å²) in [5, 5.41) is 2.72. The summed E-state index contributed by atoms with van der Waals surface area (Å²) in [4.78, 5) is 22.8. The highest BCUT2D eigenvalue weighted by atomic mass is 32.2. The molecule has 0 amide bonds. The fraction of sp³-hybridized carbons (Fsp3) is 0.211. The van der Waals surface area contributed by atoms with E-state index in [9.17, 15) is 4.79 Å². The summed E-state index contributed by atoms with van der Waals surface area (Å²) in [5.41, 5.74) is 1.80. The minimum Gasteiger partial charge on any atom is -0.494 e. The van der Waals surface area contributed by atoms with Gasteiger partial charge in [-0.3, -0.25) is 4.99 Å². The monoisotopic (exact) mass is 399 g/mol. The molecule has 0 fully saturated rings. The molecule has 8 heteroatoms. The summed E-state index contributed by atoms with van der Waals surface area (Å²) in [6.45, 7) is 0.660. The zero-order valence-corrected chi connectivity index (χ0v) is 16.2. The van der Waals surface area contributed by atoms with E-state index in [0.717, 1.165) is 27.9 Å². The van der Waals surface area contributed by atoms with Crippen LogP contribution in [-0.2, 0) is 4.79 Å². The van der Waals surface area contributed by atoms with Crippen LogP contribution < -0.4 is 9.47 Å². The minimum absolute atomic E-state index is 0.215. The number of hydrogen-bond acceptors (Lipinski definition) is 7. The molecule has 1 unspecified atom stereocenters. The standard InChI is InChI=1S/C19H17N3O3S2/c1-24-16-8-13(25-12-2-3-17(26)20-9-12)6-11-7-15(22-18(11)16)19-21-10-14(27-19)4-5-23/h2-3,5-9,14,22H,4,10H2,1H3,(H,20,26). The van der Waals surface area contributed by atoms with Gasteiger partial charge in [0.1, 0.15) is 28.6 Å².